The highest BCUT2D eigenvalue weighted by Crippen LogP contribution is 2.20. The molecule has 1 aromatic carbocycles. The van der Waals surface area contributed by atoms with E-state index in [1.54, 1.807) is 6.20 Å². The van der Waals surface area contributed by atoms with Gasteiger partial charge in [-0.3, -0.25) is 9.59 Å². The smallest absolute Gasteiger partial charge is 0.272 e. The average molecular weight is 309 g/mol. The van der Waals surface area contributed by atoms with Gasteiger partial charge in [0.05, 0.1) is 0 Å². The van der Waals surface area contributed by atoms with E-state index < -0.39 is 11.9 Å². The number of aromatic nitrogens is 4. The molecule has 7 nitrogen and oxygen atoms in total. The van der Waals surface area contributed by atoms with Gasteiger partial charge < -0.3 is 9.88 Å². The van der Waals surface area contributed by atoms with Crippen LogP contribution < -0.4 is 10.9 Å². The molecule has 0 aliphatic carbocycles. The monoisotopic (exact) mass is 309 g/mol. The second-order valence-corrected chi connectivity index (χ2v) is 5.02. The Kier molecular flexibility index (Phi) is 4.01. The first-order chi connectivity index (χ1) is 11.1. The average Bonchev–Trinajstić information content (AvgIpc) is 2.99. The number of carbonyl (C=O) groups excluding carboxylic acids is 1. The summed E-state index contributed by atoms with van der Waals surface area (Å²) in [7, 11) is 1.86. The molecule has 0 fully saturated rings. The molecule has 7 heteroatoms. The zero-order valence-electron chi connectivity index (χ0n) is 12.4. The summed E-state index contributed by atoms with van der Waals surface area (Å²) < 4.78 is 1.85. The summed E-state index contributed by atoms with van der Waals surface area (Å²) in [6.45, 7) is 0. The highest BCUT2D eigenvalue weighted by Gasteiger charge is 2.21. The molecular weight excluding hydrogens is 294 g/mol. The van der Waals surface area contributed by atoms with E-state index in [0.29, 0.717) is 5.82 Å². The molecule has 1 amide bonds. The van der Waals surface area contributed by atoms with Gasteiger partial charge in [0.15, 0.2) is 0 Å². The zero-order chi connectivity index (χ0) is 16.2. The topological polar surface area (TPSA) is 92.7 Å². The Bertz CT molecular complexity index is 849. The van der Waals surface area contributed by atoms with Crippen LogP contribution in [0.25, 0.3) is 0 Å². The molecule has 2 heterocycles. The van der Waals surface area contributed by atoms with Crippen molar-refractivity contribution in [2.45, 2.75) is 6.04 Å². The predicted molar refractivity (Wildman–Crippen MR) is 83.8 cm³/mol. The molecule has 3 rings (SSSR count). The van der Waals surface area contributed by atoms with E-state index in [1.807, 2.05) is 48.1 Å². The quantitative estimate of drug-likeness (QED) is 0.752. The Morgan fingerprint density at radius 1 is 1.22 bits per heavy atom. The van der Waals surface area contributed by atoms with E-state index in [2.05, 4.69) is 20.5 Å². The minimum atomic E-state index is -0.419. The number of carbonyl (C=O) groups is 1. The van der Waals surface area contributed by atoms with Crippen molar-refractivity contribution in [1.29, 1.82) is 0 Å². The number of nitrogens with one attached hydrogen (secondary N) is 2. The summed E-state index contributed by atoms with van der Waals surface area (Å²) >= 11 is 0. The molecule has 0 spiro atoms. The van der Waals surface area contributed by atoms with Gasteiger partial charge in [-0.05, 0) is 11.6 Å². The lowest BCUT2D eigenvalue weighted by atomic mass is 10.1. The summed E-state index contributed by atoms with van der Waals surface area (Å²) in [4.78, 5) is 27.8. The van der Waals surface area contributed by atoms with Crippen molar-refractivity contribution in [2.75, 3.05) is 0 Å². The largest absolute Gasteiger partial charge is 0.337 e. The fourth-order valence-corrected chi connectivity index (χ4v) is 2.27. The Morgan fingerprint density at radius 3 is 2.61 bits per heavy atom. The first-order valence-corrected chi connectivity index (χ1v) is 7.04. The molecule has 0 aliphatic rings. The number of benzene rings is 1. The number of hydrogen-bond donors (Lipinski definition) is 2. The van der Waals surface area contributed by atoms with Crippen LogP contribution in [-0.4, -0.2) is 25.7 Å². The SMILES string of the molecule is Cn1ccnc1[C@H](NC(=O)c1ccc(=O)[nH]n1)c1ccccc1. The van der Waals surface area contributed by atoms with Crippen LogP contribution in [0.4, 0.5) is 0 Å². The number of nitrogens with zero attached hydrogens (tertiary/aromatic N) is 3. The predicted octanol–water partition coefficient (Wildman–Crippen LogP) is 1.02. The van der Waals surface area contributed by atoms with Crippen LogP contribution in [0.3, 0.4) is 0 Å². The molecule has 0 saturated carbocycles. The third-order valence-corrected chi connectivity index (χ3v) is 3.44. The first kappa shape index (κ1) is 14.7. The second-order valence-electron chi connectivity index (χ2n) is 5.02. The van der Waals surface area contributed by atoms with Crippen LogP contribution in [0.15, 0.2) is 59.7 Å². The molecule has 23 heavy (non-hydrogen) atoms. The lowest BCUT2D eigenvalue weighted by molar-refractivity contribution is 0.0935. The lowest BCUT2D eigenvalue weighted by Gasteiger charge is -2.18. The molecule has 0 bridgehead atoms. The molecule has 0 aliphatic heterocycles. The summed E-state index contributed by atoms with van der Waals surface area (Å²) in [6.07, 6.45) is 3.49. The van der Waals surface area contributed by atoms with Crippen molar-refractivity contribution in [3.8, 4) is 0 Å². The van der Waals surface area contributed by atoms with E-state index in [4.69, 9.17) is 0 Å². The number of aryl methyl sites for hydroxylation is 1. The number of imidazole rings is 1. The molecule has 0 unspecified atom stereocenters. The standard InChI is InChI=1S/C16H15N5O2/c1-21-10-9-17-15(21)14(11-5-3-2-4-6-11)18-16(23)12-7-8-13(22)20-19-12/h2-10,14H,1H3,(H,18,23)(H,20,22)/t14-/m1/s1. The van der Waals surface area contributed by atoms with Crippen molar-refractivity contribution in [3.63, 3.8) is 0 Å². The van der Waals surface area contributed by atoms with E-state index >= 15 is 0 Å². The maximum atomic E-state index is 12.4. The zero-order valence-corrected chi connectivity index (χ0v) is 12.4. The van der Waals surface area contributed by atoms with Gasteiger partial charge in [-0.25, -0.2) is 10.1 Å². The lowest BCUT2D eigenvalue weighted by Crippen LogP contribution is -2.32. The Morgan fingerprint density at radius 2 is 2.00 bits per heavy atom. The first-order valence-electron chi connectivity index (χ1n) is 7.04. The fraction of sp³-hybridized carbons (Fsp3) is 0.125. The molecule has 0 saturated heterocycles. The summed E-state index contributed by atoms with van der Waals surface area (Å²) in [5, 5.41) is 8.91. The van der Waals surface area contributed by atoms with Gasteiger partial charge in [0, 0.05) is 25.5 Å². The van der Waals surface area contributed by atoms with Crippen molar-refractivity contribution in [2.24, 2.45) is 7.05 Å². The molecule has 2 aromatic heterocycles. The third-order valence-electron chi connectivity index (χ3n) is 3.44. The minimum absolute atomic E-state index is 0.139. The van der Waals surface area contributed by atoms with E-state index in [9.17, 15) is 9.59 Å². The molecule has 2 N–H and O–H groups in total. The van der Waals surface area contributed by atoms with Crippen LogP contribution >= 0.6 is 0 Å². The second kappa shape index (κ2) is 6.27. The highest BCUT2D eigenvalue weighted by molar-refractivity contribution is 5.92. The Labute approximate surface area is 132 Å². The van der Waals surface area contributed by atoms with E-state index in [0.717, 1.165) is 5.56 Å². The molecule has 3 aromatic rings. The minimum Gasteiger partial charge on any atom is -0.337 e. The number of rotatable bonds is 4. The maximum Gasteiger partial charge on any atom is 0.272 e. The summed E-state index contributed by atoms with van der Waals surface area (Å²) in [6, 6.07) is 11.8. The summed E-state index contributed by atoms with van der Waals surface area (Å²) in [5.74, 6) is 0.312. The molecule has 1 atom stereocenters. The van der Waals surface area contributed by atoms with Crippen LogP contribution in [0.2, 0.25) is 0 Å². The number of amides is 1. The molecule has 116 valence electrons. The molecular formula is C16H15N5O2. The van der Waals surface area contributed by atoms with Gasteiger partial charge in [-0.2, -0.15) is 5.10 Å². The van der Waals surface area contributed by atoms with Crippen LogP contribution in [-0.2, 0) is 7.05 Å². The normalized spacial score (nSPS) is 11.9. The van der Waals surface area contributed by atoms with Crippen molar-refractivity contribution >= 4 is 5.91 Å². The number of hydrogen-bond acceptors (Lipinski definition) is 4. The van der Waals surface area contributed by atoms with Crippen molar-refractivity contribution in [3.05, 3.63) is 82.3 Å². The van der Waals surface area contributed by atoms with Crippen LogP contribution in [0.5, 0.6) is 0 Å². The Hall–Kier alpha value is -3.22. The van der Waals surface area contributed by atoms with E-state index in [-0.39, 0.29) is 11.3 Å². The summed E-state index contributed by atoms with van der Waals surface area (Å²) in [5.41, 5.74) is 0.685. The van der Waals surface area contributed by atoms with Gasteiger partial charge in [0.2, 0.25) is 0 Å². The van der Waals surface area contributed by atoms with Crippen molar-refractivity contribution < 1.29 is 4.79 Å². The maximum absolute atomic E-state index is 12.4. The third kappa shape index (κ3) is 3.18. The number of H-pyrrole nitrogens is 1. The van der Waals surface area contributed by atoms with Gasteiger partial charge in [-0.1, -0.05) is 30.3 Å². The van der Waals surface area contributed by atoms with Crippen molar-refractivity contribution in [1.82, 2.24) is 25.1 Å². The number of aromatic amines is 1. The van der Waals surface area contributed by atoms with Gasteiger partial charge >= 0.3 is 0 Å². The fourth-order valence-electron chi connectivity index (χ4n) is 2.27. The van der Waals surface area contributed by atoms with Gasteiger partial charge in [0.1, 0.15) is 17.6 Å². The van der Waals surface area contributed by atoms with E-state index in [1.165, 1.54) is 12.1 Å². The van der Waals surface area contributed by atoms with Crippen LogP contribution in [0, 0.1) is 0 Å². The molecule has 0 radical (unpaired) electrons. The van der Waals surface area contributed by atoms with Crippen LogP contribution in [0.1, 0.15) is 27.9 Å². The van der Waals surface area contributed by atoms with Gasteiger partial charge in [-0.15, -0.1) is 0 Å². The van der Waals surface area contributed by atoms with Gasteiger partial charge in [0.25, 0.3) is 11.5 Å². The highest BCUT2D eigenvalue weighted by atomic mass is 16.2. The Balaban J connectivity index is 1.93.